The van der Waals surface area contributed by atoms with Crippen LogP contribution in [0.15, 0.2) is 182 Å². The molecule has 49 heavy (non-hydrogen) atoms. The zero-order valence-corrected chi connectivity index (χ0v) is 29.3. The normalized spacial score (nSPS) is 11.9. The standard InChI is InChI=1S/C28H25N.C13H12.C7H8/c1-20-18-23(19-26-27(20)24-16-10-11-17-25(24)28(26,2)3)29(21-12-6-4-7-13-21)22-14-8-5-9-15-22;1-11-6-5-9-13(10-11)12-7-3-2-4-8-12;1-7-5-3-2-4-6-7/h4-19H,1-3H3;2-10H,1H3;2-6H,1H3. The van der Waals surface area contributed by atoms with Crippen molar-refractivity contribution in [1.82, 2.24) is 0 Å². The van der Waals surface area contributed by atoms with E-state index in [9.17, 15) is 0 Å². The Morgan fingerprint density at radius 3 is 1.43 bits per heavy atom. The molecule has 0 bridgehead atoms. The molecule has 0 unspecified atom stereocenters. The second-order valence-electron chi connectivity index (χ2n) is 13.3. The van der Waals surface area contributed by atoms with E-state index in [1.807, 2.05) is 24.3 Å². The number of hydrogen-bond acceptors (Lipinski definition) is 1. The minimum atomic E-state index is -0.00819. The SMILES string of the molecule is Cc1cc(N(c2ccccc2)c2ccccc2)cc2c1-c1ccccc1C2(C)C.Cc1cccc(-c2ccccc2)c1.Cc1ccccc1. The Labute approximate surface area is 293 Å². The lowest BCUT2D eigenvalue weighted by Crippen LogP contribution is -2.17. The van der Waals surface area contributed by atoms with E-state index in [2.05, 4.69) is 197 Å². The highest BCUT2D eigenvalue weighted by Crippen LogP contribution is 2.52. The van der Waals surface area contributed by atoms with Gasteiger partial charge in [0.1, 0.15) is 0 Å². The van der Waals surface area contributed by atoms with Crippen molar-refractivity contribution in [1.29, 1.82) is 0 Å². The number of rotatable bonds is 4. The molecule has 0 aliphatic heterocycles. The van der Waals surface area contributed by atoms with E-state index >= 15 is 0 Å². The van der Waals surface area contributed by atoms with Crippen molar-refractivity contribution in [3.63, 3.8) is 0 Å². The first-order chi connectivity index (χ1) is 23.8. The predicted molar refractivity (Wildman–Crippen MR) is 211 cm³/mol. The van der Waals surface area contributed by atoms with Crippen LogP contribution in [0.1, 0.15) is 41.7 Å². The summed E-state index contributed by atoms with van der Waals surface area (Å²) in [5.74, 6) is 0. The van der Waals surface area contributed by atoms with Crippen LogP contribution in [0.2, 0.25) is 0 Å². The largest absolute Gasteiger partial charge is 0.310 e. The number of para-hydroxylation sites is 2. The highest BCUT2D eigenvalue weighted by Gasteiger charge is 2.36. The maximum Gasteiger partial charge on any atom is 0.0467 e. The van der Waals surface area contributed by atoms with Crippen molar-refractivity contribution in [2.45, 2.75) is 40.0 Å². The van der Waals surface area contributed by atoms with Crippen molar-refractivity contribution < 1.29 is 0 Å². The average Bonchev–Trinajstić information content (AvgIpc) is 3.37. The van der Waals surface area contributed by atoms with Gasteiger partial charge >= 0.3 is 0 Å². The molecule has 0 aromatic heterocycles. The van der Waals surface area contributed by atoms with Gasteiger partial charge in [0, 0.05) is 22.5 Å². The fourth-order valence-corrected chi connectivity index (χ4v) is 6.73. The number of hydrogen-bond donors (Lipinski definition) is 0. The molecule has 242 valence electrons. The smallest absolute Gasteiger partial charge is 0.0467 e. The van der Waals surface area contributed by atoms with Crippen LogP contribution in [0.5, 0.6) is 0 Å². The van der Waals surface area contributed by atoms with Gasteiger partial charge in [-0.15, -0.1) is 0 Å². The van der Waals surface area contributed by atoms with Gasteiger partial charge in [0.15, 0.2) is 0 Å². The molecule has 7 aromatic rings. The zero-order valence-electron chi connectivity index (χ0n) is 29.3. The Bertz CT molecular complexity index is 2060. The van der Waals surface area contributed by atoms with Crippen molar-refractivity contribution in [3.05, 3.63) is 210 Å². The summed E-state index contributed by atoms with van der Waals surface area (Å²) >= 11 is 0. The lowest BCUT2D eigenvalue weighted by Gasteiger charge is -2.28. The quantitative estimate of drug-likeness (QED) is 0.186. The summed E-state index contributed by atoms with van der Waals surface area (Å²) in [5, 5.41) is 0. The third-order valence-electron chi connectivity index (χ3n) is 9.22. The number of nitrogens with zero attached hydrogens (tertiary/aromatic N) is 1. The van der Waals surface area contributed by atoms with Crippen molar-refractivity contribution in [2.24, 2.45) is 0 Å². The first kappa shape index (κ1) is 33.2. The van der Waals surface area contributed by atoms with Crippen LogP contribution in [-0.4, -0.2) is 0 Å². The van der Waals surface area contributed by atoms with Gasteiger partial charge in [0.2, 0.25) is 0 Å². The van der Waals surface area contributed by atoms with Crippen LogP contribution in [0.3, 0.4) is 0 Å². The topological polar surface area (TPSA) is 3.24 Å². The second-order valence-corrected chi connectivity index (χ2v) is 13.3. The molecule has 0 amide bonds. The zero-order chi connectivity index (χ0) is 34.2. The summed E-state index contributed by atoms with van der Waals surface area (Å²) in [6.45, 7) is 11.1. The molecule has 1 nitrogen and oxygen atoms in total. The molecule has 0 saturated heterocycles. The van der Waals surface area contributed by atoms with E-state index in [0.29, 0.717) is 0 Å². The molecule has 0 spiro atoms. The van der Waals surface area contributed by atoms with Crippen molar-refractivity contribution in [3.8, 4) is 22.3 Å². The van der Waals surface area contributed by atoms with Gasteiger partial charge in [-0.3, -0.25) is 0 Å². The number of fused-ring (bicyclic) bond motifs is 3. The van der Waals surface area contributed by atoms with Crippen LogP contribution in [-0.2, 0) is 5.41 Å². The maximum absolute atomic E-state index is 2.39. The third kappa shape index (κ3) is 7.58. The Kier molecular flexibility index (Phi) is 10.2. The molecular weight excluding hydrogens is 591 g/mol. The average molecular weight is 636 g/mol. The molecule has 0 saturated carbocycles. The summed E-state index contributed by atoms with van der Waals surface area (Å²) in [5.41, 5.74) is 15.7. The lowest BCUT2D eigenvalue weighted by molar-refractivity contribution is 0.660. The summed E-state index contributed by atoms with van der Waals surface area (Å²) < 4.78 is 0. The fourth-order valence-electron chi connectivity index (χ4n) is 6.73. The molecule has 8 rings (SSSR count). The molecule has 1 aliphatic carbocycles. The molecule has 7 aromatic carbocycles. The van der Waals surface area contributed by atoms with E-state index in [1.54, 1.807) is 0 Å². The van der Waals surface area contributed by atoms with Crippen LogP contribution < -0.4 is 4.90 Å². The minimum Gasteiger partial charge on any atom is -0.310 e. The third-order valence-corrected chi connectivity index (χ3v) is 9.22. The van der Waals surface area contributed by atoms with E-state index in [-0.39, 0.29) is 5.41 Å². The number of benzene rings is 7. The van der Waals surface area contributed by atoms with Gasteiger partial charge < -0.3 is 4.90 Å². The first-order valence-electron chi connectivity index (χ1n) is 17.1. The van der Waals surface area contributed by atoms with Gasteiger partial charge in [0.05, 0.1) is 0 Å². The van der Waals surface area contributed by atoms with E-state index < -0.39 is 0 Å². The van der Waals surface area contributed by atoms with E-state index in [0.717, 1.165) is 0 Å². The van der Waals surface area contributed by atoms with Gasteiger partial charge in [-0.1, -0.05) is 171 Å². The Morgan fingerprint density at radius 2 is 0.878 bits per heavy atom. The van der Waals surface area contributed by atoms with Gasteiger partial charge in [0.25, 0.3) is 0 Å². The first-order valence-corrected chi connectivity index (χ1v) is 17.1. The summed E-state index contributed by atoms with van der Waals surface area (Å²) in [6, 6.07) is 64.1. The molecular formula is C48H45N. The van der Waals surface area contributed by atoms with Crippen LogP contribution in [0.4, 0.5) is 17.1 Å². The van der Waals surface area contributed by atoms with Crippen LogP contribution in [0.25, 0.3) is 22.3 Å². The van der Waals surface area contributed by atoms with Gasteiger partial charge in [-0.25, -0.2) is 0 Å². The molecule has 0 atom stereocenters. The Morgan fingerprint density at radius 1 is 0.388 bits per heavy atom. The Hall–Kier alpha value is -5.66. The molecule has 0 N–H and O–H groups in total. The van der Waals surface area contributed by atoms with Crippen LogP contribution >= 0.6 is 0 Å². The molecule has 0 heterocycles. The van der Waals surface area contributed by atoms with Crippen molar-refractivity contribution >= 4 is 17.1 Å². The van der Waals surface area contributed by atoms with Gasteiger partial charge in [-0.2, -0.15) is 0 Å². The van der Waals surface area contributed by atoms with Gasteiger partial charge in [-0.05, 0) is 96.1 Å². The number of aryl methyl sites for hydroxylation is 3. The maximum atomic E-state index is 2.39. The van der Waals surface area contributed by atoms with E-state index in [1.165, 1.54) is 67.1 Å². The second kappa shape index (κ2) is 15.0. The highest BCUT2D eigenvalue weighted by molar-refractivity contribution is 5.87. The molecule has 1 heteroatoms. The summed E-state index contributed by atoms with van der Waals surface area (Å²) in [7, 11) is 0. The summed E-state index contributed by atoms with van der Waals surface area (Å²) in [6.07, 6.45) is 0. The Balaban J connectivity index is 0.000000170. The number of anilines is 3. The molecule has 0 radical (unpaired) electrons. The lowest BCUT2D eigenvalue weighted by atomic mass is 9.82. The minimum absolute atomic E-state index is 0.00819. The predicted octanol–water partition coefficient (Wildman–Crippen LogP) is 13.4. The molecule has 0 fully saturated rings. The van der Waals surface area contributed by atoms with E-state index in [4.69, 9.17) is 0 Å². The van der Waals surface area contributed by atoms with Crippen LogP contribution in [0, 0.1) is 20.8 Å². The molecule has 1 aliphatic rings. The summed E-state index contributed by atoms with van der Waals surface area (Å²) in [4.78, 5) is 2.35. The fraction of sp³-hybridized carbons (Fsp3) is 0.125. The monoisotopic (exact) mass is 635 g/mol. The van der Waals surface area contributed by atoms with Crippen molar-refractivity contribution in [2.75, 3.05) is 4.90 Å². The highest BCUT2D eigenvalue weighted by atomic mass is 15.1.